The van der Waals surface area contributed by atoms with E-state index in [1.807, 2.05) is 6.07 Å². The lowest BCUT2D eigenvalue weighted by molar-refractivity contribution is -0.138. The smallest absolute Gasteiger partial charge is 0.151 e. The SMILES string of the molecule is O=Cc1cnc2c(c1)CCN(C1CCC3(CC1)COC3)C2. The quantitative estimate of drug-likeness (QED) is 0.782. The van der Waals surface area contributed by atoms with Crippen LogP contribution in [0.4, 0.5) is 0 Å². The summed E-state index contributed by atoms with van der Waals surface area (Å²) in [7, 11) is 0. The van der Waals surface area contributed by atoms with Crippen molar-refractivity contribution in [2.75, 3.05) is 19.8 Å². The normalized spacial score (nSPS) is 25.3. The molecular weight excluding hydrogens is 264 g/mol. The maximum absolute atomic E-state index is 10.8. The third kappa shape index (κ3) is 2.40. The molecule has 1 saturated heterocycles. The molecule has 21 heavy (non-hydrogen) atoms. The van der Waals surface area contributed by atoms with E-state index in [1.54, 1.807) is 6.20 Å². The van der Waals surface area contributed by atoms with Crippen LogP contribution < -0.4 is 0 Å². The lowest BCUT2D eigenvalue weighted by atomic mass is 9.71. The predicted octanol–water partition coefficient (Wildman–Crippen LogP) is 2.21. The van der Waals surface area contributed by atoms with Gasteiger partial charge in [-0.1, -0.05) is 0 Å². The summed E-state index contributed by atoms with van der Waals surface area (Å²) in [6, 6.07) is 2.71. The lowest BCUT2D eigenvalue weighted by Gasteiger charge is -2.48. The van der Waals surface area contributed by atoms with E-state index in [-0.39, 0.29) is 0 Å². The molecule has 1 aliphatic carbocycles. The molecule has 1 aromatic heterocycles. The first-order valence-electron chi connectivity index (χ1n) is 8.03. The highest BCUT2D eigenvalue weighted by Crippen LogP contribution is 2.43. The maximum atomic E-state index is 10.8. The monoisotopic (exact) mass is 286 g/mol. The summed E-state index contributed by atoms with van der Waals surface area (Å²) in [4.78, 5) is 17.9. The first kappa shape index (κ1) is 13.4. The van der Waals surface area contributed by atoms with Crippen LogP contribution in [0.3, 0.4) is 0 Å². The molecule has 0 unspecified atom stereocenters. The third-order valence-electron chi connectivity index (χ3n) is 5.59. The van der Waals surface area contributed by atoms with Crippen LogP contribution in [0.25, 0.3) is 0 Å². The van der Waals surface area contributed by atoms with Crippen LogP contribution in [-0.4, -0.2) is 42.0 Å². The molecule has 0 N–H and O–H groups in total. The zero-order chi connectivity index (χ0) is 14.3. The van der Waals surface area contributed by atoms with Crippen molar-refractivity contribution in [1.29, 1.82) is 0 Å². The fourth-order valence-corrected chi connectivity index (χ4v) is 4.09. The molecule has 4 nitrogen and oxygen atoms in total. The Labute approximate surface area is 125 Å². The summed E-state index contributed by atoms with van der Waals surface area (Å²) in [6.07, 6.45) is 8.85. The number of pyridine rings is 1. The standard InChI is InChI=1S/C17H22N2O2/c20-10-13-7-14-3-6-19(9-16(14)18-8-13)15-1-4-17(5-2-15)11-21-12-17/h7-8,10,15H,1-6,9,11-12H2. The topological polar surface area (TPSA) is 42.4 Å². The fourth-order valence-electron chi connectivity index (χ4n) is 4.09. The van der Waals surface area contributed by atoms with E-state index >= 15 is 0 Å². The number of fused-ring (bicyclic) bond motifs is 1. The first-order valence-corrected chi connectivity index (χ1v) is 8.03. The van der Waals surface area contributed by atoms with Gasteiger partial charge >= 0.3 is 0 Å². The molecule has 4 rings (SSSR count). The number of ether oxygens (including phenoxy) is 1. The van der Waals surface area contributed by atoms with Gasteiger partial charge in [0.15, 0.2) is 6.29 Å². The zero-order valence-corrected chi connectivity index (χ0v) is 12.4. The molecule has 112 valence electrons. The first-order chi connectivity index (χ1) is 10.3. The summed E-state index contributed by atoms with van der Waals surface area (Å²) >= 11 is 0. The average Bonchev–Trinajstić information content (AvgIpc) is 2.52. The van der Waals surface area contributed by atoms with Gasteiger partial charge in [0.25, 0.3) is 0 Å². The van der Waals surface area contributed by atoms with E-state index in [2.05, 4.69) is 9.88 Å². The number of hydrogen-bond donors (Lipinski definition) is 0. The predicted molar refractivity (Wildman–Crippen MR) is 79.2 cm³/mol. The van der Waals surface area contributed by atoms with Gasteiger partial charge in [-0.15, -0.1) is 0 Å². The van der Waals surface area contributed by atoms with Crippen molar-refractivity contribution in [3.8, 4) is 0 Å². The minimum Gasteiger partial charge on any atom is -0.380 e. The number of carbonyl (C=O) groups excluding carboxylic acids is 1. The minimum absolute atomic E-state index is 0.529. The molecule has 1 saturated carbocycles. The van der Waals surface area contributed by atoms with Gasteiger partial charge in [-0.25, -0.2) is 0 Å². The Bertz CT molecular complexity index is 544. The van der Waals surface area contributed by atoms with Crippen molar-refractivity contribution in [2.24, 2.45) is 5.41 Å². The van der Waals surface area contributed by atoms with Crippen LogP contribution in [0.15, 0.2) is 12.3 Å². The van der Waals surface area contributed by atoms with Crippen molar-refractivity contribution in [3.63, 3.8) is 0 Å². The molecule has 0 aromatic carbocycles. The fraction of sp³-hybridized carbons (Fsp3) is 0.647. The van der Waals surface area contributed by atoms with Crippen LogP contribution in [-0.2, 0) is 17.7 Å². The number of carbonyl (C=O) groups is 1. The Balaban J connectivity index is 1.42. The highest BCUT2D eigenvalue weighted by atomic mass is 16.5. The van der Waals surface area contributed by atoms with Gasteiger partial charge in [0.05, 0.1) is 18.9 Å². The van der Waals surface area contributed by atoms with Crippen LogP contribution in [0, 0.1) is 5.41 Å². The van der Waals surface area contributed by atoms with Crippen LogP contribution in [0.5, 0.6) is 0 Å². The molecule has 2 aliphatic heterocycles. The summed E-state index contributed by atoms with van der Waals surface area (Å²) < 4.78 is 5.41. The van der Waals surface area contributed by atoms with Gasteiger partial charge in [0.1, 0.15) is 0 Å². The van der Waals surface area contributed by atoms with Crippen LogP contribution >= 0.6 is 0 Å². The molecule has 0 atom stereocenters. The zero-order valence-electron chi connectivity index (χ0n) is 12.4. The molecule has 3 heterocycles. The number of aromatic nitrogens is 1. The van der Waals surface area contributed by atoms with E-state index in [9.17, 15) is 4.79 Å². The summed E-state index contributed by atoms with van der Waals surface area (Å²) in [5.74, 6) is 0. The molecular formula is C17H22N2O2. The molecule has 1 aromatic rings. The Morgan fingerprint density at radius 1 is 1.33 bits per heavy atom. The molecule has 0 bridgehead atoms. The number of aldehydes is 1. The van der Waals surface area contributed by atoms with E-state index in [0.29, 0.717) is 17.0 Å². The highest BCUT2D eigenvalue weighted by Gasteiger charge is 2.42. The van der Waals surface area contributed by atoms with Crippen molar-refractivity contribution >= 4 is 6.29 Å². The maximum Gasteiger partial charge on any atom is 0.151 e. The van der Waals surface area contributed by atoms with Gasteiger partial charge < -0.3 is 4.74 Å². The second-order valence-corrected chi connectivity index (χ2v) is 6.94. The Morgan fingerprint density at radius 3 is 2.81 bits per heavy atom. The van der Waals surface area contributed by atoms with Gasteiger partial charge in [0.2, 0.25) is 0 Å². The van der Waals surface area contributed by atoms with E-state index in [4.69, 9.17) is 4.74 Å². The Morgan fingerprint density at radius 2 is 2.14 bits per heavy atom. The van der Waals surface area contributed by atoms with Gasteiger partial charge in [0, 0.05) is 36.3 Å². The van der Waals surface area contributed by atoms with E-state index in [0.717, 1.165) is 39.0 Å². The summed E-state index contributed by atoms with van der Waals surface area (Å²) in [5, 5.41) is 0. The van der Waals surface area contributed by atoms with Gasteiger partial charge in [-0.3, -0.25) is 14.7 Å². The van der Waals surface area contributed by atoms with Crippen LogP contribution in [0.1, 0.15) is 47.3 Å². The molecule has 0 amide bonds. The summed E-state index contributed by atoms with van der Waals surface area (Å²) in [5.41, 5.74) is 3.66. The molecule has 4 heteroatoms. The van der Waals surface area contributed by atoms with Crippen molar-refractivity contribution < 1.29 is 9.53 Å². The van der Waals surface area contributed by atoms with Gasteiger partial charge in [-0.2, -0.15) is 0 Å². The Kier molecular flexibility index (Phi) is 3.31. The highest BCUT2D eigenvalue weighted by molar-refractivity contribution is 5.74. The van der Waals surface area contributed by atoms with E-state index in [1.165, 1.54) is 36.9 Å². The minimum atomic E-state index is 0.529. The number of rotatable bonds is 2. The largest absolute Gasteiger partial charge is 0.380 e. The number of hydrogen-bond acceptors (Lipinski definition) is 4. The van der Waals surface area contributed by atoms with Crippen molar-refractivity contribution in [2.45, 2.75) is 44.7 Å². The van der Waals surface area contributed by atoms with Crippen LogP contribution in [0.2, 0.25) is 0 Å². The van der Waals surface area contributed by atoms with Gasteiger partial charge in [-0.05, 0) is 43.7 Å². The number of nitrogens with zero attached hydrogens (tertiary/aromatic N) is 2. The second-order valence-electron chi connectivity index (χ2n) is 6.94. The van der Waals surface area contributed by atoms with Crippen molar-refractivity contribution in [1.82, 2.24) is 9.88 Å². The summed E-state index contributed by atoms with van der Waals surface area (Å²) in [6.45, 7) is 4.02. The molecule has 0 radical (unpaired) electrons. The average molecular weight is 286 g/mol. The molecule has 1 spiro atoms. The third-order valence-corrected chi connectivity index (χ3v) is 5.59. The van der Waals surface area contributed by atoms with Crippen molar-refractivity contribution in [3.05, 3.63) is 29.1 Å². The second kappa shape index (κ2) is 5.18. The molecule has 3 aliphatic rings. The lowest BCUT2D eigenvalue weighted by Crippen LogP contribution is -2.50. The molecule has 2 fully saturated rings. The Hall–Kier alpha value is -1.26. The van der Waals surface area contributed by atoms with E-state index < -0.39 is 0 Å².